The highest BCUT2D eigenvalue weighted by Gasteiger charge is 2.41. The molecular formula is C23H22N4OS. The second-order valence-electron chi connectivity index (χ2n) is 7.75. The molecule has 0 saturated heterocycles. The lowest BCUT2D eigenvalue weighted by Crippen LogP contribution is -2.31. The van der Waals surface area contributed by atoms with Crippen LogP contribution < -0.4 is 4.90 Å². The molecule has 6 heteroatoms. The van der Waals surface area contributed by atoms with Gasteiger partial charge in [-0.3, -0.25) is 4.98 Å². The lowest BCUT2D eigenvalue weighted by molar-refractivity contribution is 0.158. The van der Waals surface area contributed by atoms with Crippen molar-refractivity contribution in [2.75, 3.05) is 18.5 Å². The van der Waals surface area contributed by atoms with Gasteiger partial charge in [-0.05, 0) is 37.5 Å². The number of fused-ring (bicyclic) bond motifs is 1. The molecule has 0 amide bonds. The summed E-state index contributed by atoms with van der Waals surface area (Å²) in [5.41, 5.74) is 2.48. The molecular weight excluding hydrogens is 380 g/mol. The minimum absolute atomic E-state index is 0.559. The lowest BCUT2D eigenvalue weighted by atomic mass is 10.0. The molecule has 3 heterocycles. The Balaban J connectivity index is 1.75. The van der Waals surface area contributed by atoms with Crippen molar-refractivity contribution in [2.45, 2.75) is 25.4 Å². The fourth-order valence-corrected chi connectivity index (χ4v) is 4.79. The molecule has 1 saturated carbocycles. The number of thiophene rings is 1. The number of aryl methyl sites for hydroxylation is 1. The quantitative estimate of drug-likeness (QED) is 0.525. The van der Waals surface area contributed by atoms with E-state index >= 15 is 0 Å². The highest BCUT2D eigenvalue weighted by Crippen LogP contribution is 2.43. The van der Waals surface area contributed by atoms with E-state index in [2.05, 4.69) is 41.1 Å². The topological polar surface area (TPSA) is 62.1 Å². The second kappa shape index (κ2) is 6.90. The molecule has 5 rings (SSSR count). The van der Waals surface area contributed by atoms with Gasteiger partial charge in [0.1, 0.15) is 16.3 Å². The molecule has 29 heavy (non-hydrogen) atoms. The molecule has 0 spiro atoms. The monoisotopic (exact) mass is 402 g/mol. The van der Waals surface area contributed by atoms with Crippen LogP contribution in [-0.4, -0.2) is 39.3 Å². The first kappa shape index (κ1) is 18.2. The van der Waals surface area contributed by atoms with Gasteiger partial charge in [0.05, 0.1) is 11.0 Å². The Morgan fingerprint density at radius 1 is 1.07 bits per heavy atom. The van der Waals surface area contributed by atoms with Crippen LogP contribution in [-0.2, 0) is 0 Å². The number of aromatic nitrogens is 3. The Morgan fingerprint density at radius 3 is 2.52 bits per heavy atom. The summed E-state index contributed by atoms with van der Waals surface area (Å²) in [5.74, 6) is 1.46. The highest BCUT2D eigenvalue weighted by molar-refractivity contribution is 7.19. The molecule has 1 aliphatic carbocycles. The van der Waals surface area contributed by atoms with Gasteiger partial charge >= 0.3 is 0 Å². The molecule has 1 N–H and O–H groups in total. The fraction of sp³-hybridized carbons (Fsp3) is 0.261. The molecule has 1 aromatic carbocycles. The zero-order chi connectivity index (χ0) is 20.0. The van der Waals surface area contributed by atoms with E-state index in [0.717, 1.165) is 40.1 Å². The summed E-state index contributed by atoms with van der Waals surface area (Å²) in [7, 11) is 2.00. The molecule has 0 atom stereocenters. The molecule has 0 bridgehead atoms. The number of rotatable bonds is 5. The van der Waals surface area contributed by atoms with Crippen molar-refractivity contribution in [3.05, 3.63) is 59.6 Å². The summed E-state index contributed by atoms with van der Waals surface area (Å²) in [4.78, 5) is 18.5. The van der Waals surface area contributed by atoms with Crippen molar-refractivity contribution in [1.29, 1.82) is 0 Å². The maximum absolute atomic E-state index is 10.5. The number of aliphatic hydroxyl groups is 1. The van der Waals surface area contributed by atoms with Crippen LogP contribution in [0.25, 0.3) is 32.9 Å². The Labute approximate surface area is 173 Å². The van der Waals surface area contributed by atoms with Crippen LogP contribution in [0.3, 0.4) is 0 Å². The van der Waals surface area contributed by atoms with Gasteiger partial charge in [0.25, 0.3) is 0 Å². The van der Waals surface area contributed by atoms with Gasteiger partial charge in [-0.2, -0.15) is 0 Å². The van der Waals surface area contributed by atoms with Crippen molar-refractivity contribution in [3.8, 4) is 22.6 Å². The van der Waals surface area contributed by atoms with Gasteiger partial charge in [0, 0.05) is 30.2 Å². The maximum Gasteiger partial charge on any atom is 0.181 e. The molecule has 4 aromatic rings. The fourth-order valence-electron chi connectivity index (χ4n) is 3.75. The van der Waals surface area contributed by atoms with E-state index in [1.165, 1.54) is 10.4 Å². The van der Waals surface area contributed by atoms with Crippen molar-refractivity contribution in [2.24, 2.45) is 0 Å². The lowest BCUT2D eigenvalue weighted by Gasteiger charge is -2.23. The van der Waals surface area contributed by atoms with Gasteiger partial charge in [-0.25, -0.2) is 9.97 Å². The number of anilines is 1. The molecule has 5 nitrogen and oxygen atoms in total. The van der Waals surface area contributed by atoms with Crippen molar-refractivity contribution >= 4 is 27.4 Å². The zero-order valence-electron chi connectivity index (χ0n) is 16.5. The summed E-state index contributed by atoms with van der Waals surface area (Å²) in [6.45, 7) is 2.69. The summed E-state index contributed by atoms with van der Waals surface area (Å²) in [5, 5.41) is 11.6. The molecule has 0 unspecified atom stereocenters. The third-order valence-corrected chi connectivity index (χ3v) is 6.38. The van der Waals surface area contributed by atoms with Gasteiger partial charge in [0.2, 0.25) is 0 Å². The van der Waals surface area contributed by atoms with E-state index in [1.54, 1.807) is 17.5 Å². The van der Waals surface area contributed by atoms with Crippen LogP contribution in [0.15, 0.2) is 54.7 Å². The predicted molar refractivity (Wildman–Crippen MR) is 118 cm³/mol. The van der Waals surface area contributed by atoms with Crippen LogP contribution in [0.5, 0.6) is 0 Å². The largest absolute Gasteiger partial charge is 0.388 e. The van der Waals surface area contributed by atoms with Crippen LogP contribution >= 0.6 is 11.3 Å². The Hall–Kier alpha value is -2.83. The number of likely N-dealkylation sites (N-methyl/N-ethyl adjacent to an activating group) is 1. The van der Waals surface area contributed by atoms with Crippen LogP contribution in [0.4, 0.5) is 5.82 Å². The minimum Gasteiger partial charge on any atom is -0.388 e. The average Bonchev–Trinajstić information content (AvgIpc) is 3.36. The van der Waals surface area contributed by atoms with Crippen LogP contribution in [0.2, 0.25) is 0 Å². The first-order valence-electron chi connectivity index (χ1n) is 9.76. The molecule has 0 aliphatic heterocycles. The molecule has 1 aliphatic rings. The van der Waals surface area contributed by atoms with Crippen molar-refractivity contribution in [3.63, 3.8) is 0 Å². The van der Waals surface area contributed by atoms with E-state index in [4.69, 9.17) is 9.97 Å². The Bertz CT molecular complexity index is 1170. The standard InChI is InChI=1S/C23H22N4OS/c1-15-18(16-8-4-3-5-9-16)19-21(27(2)14-23(28)11-12-23)25-20(26-22(19)29-15)17-10-6-7-13-24-17/h3-10,13,28H,11-12,14H2,1-2H3. The zero-order valence-corrected chi connectivity index (χ0v) is 17.3. The Kier molecular flexibility index (Phi) is 4.33. The molecule has 146 valence electrons. The third kappa shape index (κ3) is 3.39. The van der Waals surface area contributed by atoms with Gasteiger partial charge in [-0.1, -0.05) is 36.4 Å². The van der Waals surface area contributed by atoms with E-state index < -0.39 is 5.60 Å². The maximum atomic E-state index is 10.5. The third-order valence-electron chi connectivity index (χ3n) is 5.39. The predicted octanol–water partition coefficient (Wildman–Crippen LogP) is 4.69. The summed E-state index contributed by atoms with van der Waals surface area (Å²) >= 11 is 1.68. The molecule has 1 fully saturated rings. The van der Waals surface area contributed by atoms with Gasteiger partial charge in [0.15, 0.2) is 5.82 Å². The van der Waals surface area contributed by atoms with Crippen LogP contribution in [0.1, 0.15) is 17.7 Å². The second-order valence-corrected chi connectivity index (χ2v) is 8.95. The first-order chi connectivity index (χ1) is 14.0. The van der Waals surface area contributed by atoms with Gasteiger partial charge in [-0.15, -0.1) is 11.3 Å². The number of benzene rings is 1. The van der Waals surface area contributed by atoms with E-state index in [1.807, 2.05) is 31.3 Å². The Morgan fingerprint density at radius 2 is 1.83 bits per heavy atom. The van der Waals surface area contributed by atoms with Gasteiger partial charge < -0.3 is 10.0 Å². The summed E-state index contributed by atoms with van der Waals surface area (Å²) in [6.07, 6.45) is 3.44. The summed E-state index contributed by atoms with van der Waals surface area (Å²) in [6, 6.07) is 16.1. The number of hydrogen-bond donors (Lipinski definition) is 1. The highest BCUT2D eigenvalue weighted by atomic mass is 32.1. The minimum atomic E-state index is -0.602. The number of hydrogen-bond acceptors (Lipinski definition) is 6. The first-order valence-corrected chi connectivity index (χ1v) is 10.6. The van der Waals surface area contributed by atoms with E-state index in [-0.39, 0.29) is 0 Å². The van der Waals surface area contributed by atoms with Crippen molar-refractivity contribution < 1.29 is 5.11 Å². The molecule has 0 radical (unpaired) electrons. The number of pyridine rings is 1. The van der Waals surface area contributed by atoms with E-state index in [0.29, 0.717) is 12.4 Å². The molecule has 3 aromatic heterocycles. The summed E-state index contributed by atoms with van der Waals surface area (Å²) < 4.78 is 0. The van der Waals surface area contributed by atoms with Crippen molar-refractivity contribution in [1.82, 2.24) is 15.0 Å². The SMILES string of the molecule is Cc1sc2nc(-c3ccccn3)nc(N(C)CC3(O)CC3)c2c1-c1ccccc1. The number of nitrogens with zero attached hydrogens (tertiary/aromatic N) is 4. The average molecular weight is 403 g/mol. The smallest absolute Gasteiger partial charge is 0.181 e. The van der Waals surface area contributed by atoms with E-state index in [9.17, 15) is 5.11 Å². The normalized spacial score (nSPS) is 14.9. The van der Waals surface area contributed by atoms with Crippen LogP contribution in [0, 0.1) is 6.92 Å².